The summed E-state index contributed by atoms with van der Waals surface area (Å²) >= 11 is 0. The van der Waals surface area contributed by atoms with Crippen molar-refractivity contribution < 1.29 is 4.42 Å². The van der Waals surface area contributed by atoms with Crippen LogP contribution in [0.3, 0.4) is 0 Å². The van der Waals surface area contributed by atoms with Crippen LogP contribution in [0.5, 0.6) is 0 Å². The number of nitrogens with one attached hydrogen (secondary N) is 1. The van der Waals surface area contributed by atoms with E-state index in [0.717, 1.165) is 22.2 Å². The van der Waals surface area contributed by atoms with E-state index >= 15 is 0 Å². The van der Waals surface area contributed by atoms with Crippen LogP contribution in [-0.2, 0) is 0 Å². The lowest BCUT2D eigenvalue weighted by Gasteiger charge is -1.98. The van der Waals surface area contributed by atoms with Crippen molar-refractivity contribution in [3.63, 3.8) is 0 Å². The van der Waals surface area contributed by atoms with E-state index < -0.39 is 0 Å². The zero-order valence-corrected chi connectivity index (χ0v) is 8.06. The summed E-state index contributed by atoms with van der Waals surface area (Å²) in [7, 11) is 0. The summed E-state index contributed by atoms with van der Waals surface area (Å²) in [5.41, 5.74) is 3.94. The van der Waals surface area contributed by atoms with Gasteiger partial charge in [-0.1, -0.05) is 0 Å². The van der Waals surface area contributed by atoms with Crippen molar-refractivity contribution in [1.82, 2.24) is 20.2 Å². The average Bonchev–Trinajstić information content (AvgIpc) is 2.88. The van der Waals surface area contributed by atoms with Crippen molar-refractivity contribution in [2.24, 2.45) is 0 Å². The molecule has 5 heteroatoms. The van der Waals surface area contributed by atoms with Gasteiger partial charge in [0.2, 0.25) is 12.3 Å². The first-order valence-electron chi connectivity index (χ1n) is 4.55. The largest absolute Gasteiger partial charge is 0.423 e. The average molecular weight is 200 g/mol. The second kappa shape index (κ2) is 2.91. The summed E-state index contributed by atoms with van der Waals surface area (Å²) in [4.78, 5) is 7.28. The van der Waals surface area contributed by atoms with E-state index in [9.17, 15) is 0 Å². The van der Waals surface area contributed by atoms with Crippen molar-refractivity contribution in [1.29, 1.82) is 0 Å². The molecule has 1 aromatic carbocycles. The molecule has 0 atom stereocenters. The standard InChI is InChI=1S/C10H8N4O/c1-6-2-7(10-14-13-5-15-10)3-8-9(6)12-4-11-8/h2-5H,1H3,(H,11,12). The van der Waals surface area contributed by atoms with Crippen LogP contribution in [0.15, 0.2) is 29.3 Å². The number of hydrogen-bond acceptors (Lipinski definition) is 4. The topological polar surface area (TPSA) is 67.6 Å². The number of benzene rings is 1. The molecule has 0 aliphatic carbocycles. The maximum absolute atomic E-state index is 5.14. The normalized spacial score (nSPS) is 11.0. The van der Waals surface area contributed by atoms with E-state index in [0.29, 0.717) is 5.89 Å². The third-order valence-corrected chi connectivity index (χ3v) is 2.32. The van der Waals surface area contributed by atoms with E-state index in [1.165, 1.54) is 6.39 Å². The second-order valence-corrected chi connectivity index (χ2v) is 3.34. The quantitative estimate of drug-likeness (QED) is 0.651. The van der Waals surface area contributed by atoms with Gasteiger partial charge in [-0.05, 0) is 24.6 Å². The molecule has 0 aliphatic rings. The van der Waals surface area contributed by atoms with Crippen molar-refractivity contribution in [3.8, 4) is 11.5 Å². The summed E-state index contributed by atoms with van der Waals surface area (Å²) in [6.45, 7) is 2.00. The number of nitrogens with zero attached hydrogens (tertiary/aromatic N) is 3. The van der Waals surface area contributed by atoms with Crippen LogP contribution < -0.4 is 0 Å². The van der Waals surface area contributed by atoms with E-state index in [1.54, 1.807) is 6.33 Å². The van der Waals surface area contributed by atoms with Gasteiger partial charge in [0.05, 0.1) is 17.4 Å². The van der Waals surface area contributed by atoms with Crippen LogP contribution in [-0.4, -0.2) is 20.2 Å². The third-order valence-electron chi connectivity index (χ3n) is 2.32. The molecule has 74 valence electrons. The third kappa shape index (κ3) is 1.20. The molecule has 0 saturated heterocycles. The van der Waals surface area contributed by atoms with Gasteiger partial charge < -0.3 is 9.40 Å². The lowest BCUT2D eigenvalue weighted by atomic mass is 10.1. The smallest absolute Gasteiger partial charge is 0.247 e. The monoisotopic (exact) mass is 200 g/mol. The highest BCUT2D eigenvalue weighted by Gasteiger charge is 2.08. The molecule has 0 fully saturated rings. The molecule has 0 unspecified atom stereocenters. The molecule has 2 aromatic heterocycles. The van der Waals surface area contributed by atoms with Gasteiger partial charge in [-0.2, -0.15) is 0 Å². The molecular weight excluding hydrogens is 192 g/mol. The van der Waals surface area contributed by atoms with E-state index in [1.807, 2.05) is 19.1 Å². The van der Waals surface area contributed by atoms with Crippen molar-refractivity contribution in [2.45, 2.75) is 6.92 Å². The van der Waals surface area contributed by atoms with Gasteiger partial charge in [0.1, 0.15) is 0 Å². The van der Waals surface area contributed by atoms with Crippen LogP contribution in [0.4, 0.5) is 0 Å². The van der Waals surface area contributed by atoms with Gasteiger partial charge in [0.15, 0.2) is 0 Å². The van der Waals surface area contributed by atoms with Crippen molar-refractivity contribution >= 4 is 11.0 Å². The number of hydrogen-bond donors (Lipinski definition) is 1. The zero-order valence-electron chi connectivity index (χ0n) is 8.06. The van der Waals surface area contributed by atoms with Crippen LogP contribution in [0.25, 0.3) is 22.5 Å². The fourth-order valence-electron chi connectivity index (χ4n) is 1.65. The number of H-pyrrole nitrogens is 1. The molecule has 1 N–H and O–H groups in total. The summed E-state index contributed by atoms with van der Waals surface area (Å²) in [6, 6.07) is 3.93. The highest BCUT2D eigenvalue weighted by molar-refractivity contribution is 5.82. The summed E-state index contributed by atoms with van der Waals surface area (Å²) in [5, 5.41) is 7.52. The zero-order chi connectivity index (χ0) is 10.3. The summed E-state index contributed by atoms with van der Waals surface area (Å²) < 4.78 is 5.14. The Hall–Kier alpha value is -2.17. The minimum Gasteiger partial charge on any atom is -0.423 e. The number of aromatic nitrogens is 4. The van der Waals surface area contributed by atoms with Crippen LogP contribution in [0, 0.1) is 6.92 Å². The fourth-order valence-corrected chi connectivity index (χ4v) is 1.65. The number of rotatable bonds is 1. The maximum atomic E-state index is 5.14. The second-order valence-electron chi connectivity index (χ2n) is 3.34. The molecule has 0 amide bonds. The number of imidazole rings is 1. The van der Waals surface area contributed by atoms with Crippen molar-refractivity contribution in [3.05, 3.63) is 30.4 Å². The predicted octanol–water partition coefficient (Wildman–Crippen LogP) is 1.92. The molecule has 0 aliphatic heterocycles. The Morgan fingerprint density at radius 2 is 2.27 bits per heavy atom. The van der Waals surface area contributed by atoms with E-state index in [2.05, 4.69) is 20.2 Å². The first-order valence-corrected chi connectivity index (χ1v) is 4.55. The Bertz CT molecular complexity index is 597. The maximum Gasteiger partial charge on any atom is 0.247 e. The first kappa shape index (κ1) is 8.16. The van der Waals surface area contributed by atoms with E-state index in [4.69, 9.17) is 4.42 Å². The molecule has 2 heterocycles. The Balaban J connectivity index is 2.29. The minimum absolute atomic E-state index is 0.523. The van der Waals surface area contributed by atoms with Gasteiger partial charge in [-0.25, -0.2) is 4.98 Å². The molecule has 0 radical (unpaired) electrons. The van der Waals surface area contributed by atoms with E-state index in [-0.39, 0.29) is 0 Å². The van der Waals surface area contributed by atoms with Gasteiger partial charge >= 0.3 is 0 Å². The highest BCUT2D eigenvalue weighted by Crippen LogP contribution is 2.23. The predicted molar refractivity (Wildman–Crippen MR) is 54.1 cm³/mol. The SMILES string of the molecule is Cc1cc(-c2nnco2)cc2[nH]cnc12. The highest BCUT2D eigenvalue weighted by atomic mass is 16.4. The summed E-state index contributed by atoms with van der Waals surface area (Å²) in [6.07, 6.45) is 3.00. The lowest BCUT2D eigenvalue weighted by Crippen LogP contribution is -1.83. The molecule has 5 nitrogen and oxygen atoms in total. The van der Waals surface area contributed by atoms with Crippen LogP contribution in [0.2, 0.25) is 0 Å². The molecule has 3 rings (SSSR count). The number of fused-ring (bicyclic) bond motifs is 1. The summed E-state index contributed by atoms with van der Waals surface area (Å²) in [5.74, 6) is 0.523. The first-order chi connectivity index (χ1) is 7.34. The molecule has 0 bridgehead atoms. The van der Waals surface area contributed by atoms with Crippen LogP contribution in [0.1, 0.15) is 5.56 Å². The Morgan fingerprint density at radius 3 is 3.07 bits per heavy atom. The molecule has 0 spiro atoms. The van der Waals surface area contributed by atoms with Gasteiger partial charge in [-0.15, -0.1) is 10.2 Å². The number of aromatic amines is 1. The van der Waals surface area contributed by atoms with Gasteiger partial charge in [0.25, 0.3) is 0 Å². The Morgan fingerprint density at radius 1 is 1.33 bits per heavy atom. The molecule has 15 heavy (non-hydrogen) atoms. The Kier molecular flexibility index (Phi) is 1.58. The minimum atomic E-state index is 0.523. The molecule has 3 aromatic rings. The van der Waals surface area contributed by atoms with Gasteiger partial charge in [-0.3, -0.25) is 0 Å². The molecular formula is C10H8N4O. The Labute approximate surface area is 85.2 Å². The lowest BCUT2D eigenvalue weighted by molar-refractivity contribution is 0.568. The van der Waals surface area contributed by atoms with Crippen molar-refractivity contribution in [2.75, 3.05) is 0 Å². The van der Waals surface area contributed by atoms with Crippen LogP contribution >= 0.6 is 0 Å². The number of aryl methyl sites for hydroxylation is 1. The van der Waals surface area contributed by atoms with Gasteiger partial charge in [0, 0.05) is 5.56 Å². The fraction of sp³-hybridized carbons (Fsp3) is 0.100. The molecule has 0 saturated carbocycles.